The maximum atomic E-state index is 12.7. The fourth-order valence-electron chi connectivity index (χ4n) is 3.51. The van der Waals surface area contributed by atoms with E-state index in [1.807, 2.05) is 12.1 Å². The summed E-state index contributed by atoms with van der Waals surface area (Å²) in [6.07, 6.45) is -3.84. The lowest BCUT2D eigenvalue weighted by atomic mass is 10.0. The zero-order valence-electron chi connectivity index (χ0n) is 15.8. The Balaban J connectivity index is 1.53. The quantitative estimate of drug-likeness (QED) is 0.711. The lowest BCUT2D eigenvalue weighted by molar-refractivity contribution is -0.137. The van der Waals surface area contributed by atoms with Gasteiger partial charge in [-0.25, -0.2) is 4.98 Å². The Morgan fingerprint density at radius 3 is 2.43 bits per heavy atom. The minimum Gasteiger partial charge on any atom is -0.306 e. The average molecular weight is 410 g/mol. The molecule has 5 nitrogen and oxygen atoms in total. The predicted octanol–water partition coefficient (Wildman–Crippen LogP) is 3.89. The number of benzene rings is 2. The molecule has 1 aliphatic heterocycles. The Hall–Kier alpha value is -3.44. The summed E-state index contributed by atoms with van der Waals surface area (Å²) >= 11 is 0. The van der Waals surface area contributed by atoms with E-state index in [0.29, 0.717) is 48.4 Å². The summed E-state index contributed by atoms with van der Waals surface area (Å²) in [5.41, 5.74) is 2.30. The minimum absolute atomic E-state index is 0.271. The standard InChI is InChI=1S/C22H17F3N4O/c23-22(24,25)17-7-5-16(6-8-17)20-27-19-9-10-29(13-18(19)21(30)28-20)12-15-3-1-14(11-26)2-4-15/h1-8H,9-10,12-13H2,(H,27,28,30). The van der Waals surface area contributed by atoms with Crippen molar-refractivity contribution in [3.63, 3.8) is 0 Å². The highest BCUT2D eigenvalue weighted by Crippen LogP contribution is 2.30. The SMILES string of the molecule is N#Cc1ccc(CN2CCc3nc(-c4ccc(C(F)(F)F)cc4)[nH]c(=O)c3C2)cc1. The molecule has 0 saturated carbocycles. The molecule has 0 fully saturated rings. The smallest absolute Gasteiger partial charge is 0.306 e. The van der Waals surface area contributed by atoms with Crippen LogP contribution < -0.4 is 5.56 Å². The normalized spacial score (nSPS) is 14.2. The number of halogens is 3. The van der Waals surface area contributed by atoms with Crippen molar-refractivity contribution in [2.24, 2.45) is 0 Å². The molecule has 1 aliphatic rings. The van der Waals surface area contributed by atoms with Crippen LogP contribution in [0, 0.1) is 11.3 Å². The molecule has 0 saturated heterocycles. The molecule has 152 valence electrons. The zero-order chi connectivity index (χ0) is 21.3. The van der Waals surface area contributed by atoms with Crippen molar-refractivity contribution in [3.8, 4) is 17.5 Å². The summed E-state index contributed by atoms with van der Waals surface area (Å²) in [5.74, 6) is 0.271. The minimum atomic E-state index is -4.41. The third-order valence-electron chi connectivity index (χ3n) is 5.12. The fraction of sp³-hybridized carbons (Fsp3) is 0.227. The molecule has 8 heteroatoms. The number of aromatic amines is 1. The van der Waals surface area contributed by atoms with Crippen molar-refractivity contribution >= 4 is 0 Å². The third kappa shape index (κ3) is 4.11. The highest BCUT2D eigenvalue weighted by atomic mass is 19.4. The molecule has 2 aromatic carbocycles. The third-order valence-corrected chi connectivity index (χ3v) is 5.12. The number of hydrogen-bond acceptors (Lipinski definition) is 4. The van der Waals surface area contributed by atoms with Crippen LogP contribution >= 0.6 is 0 Å². The van der Waals surface area contributed by atoms with Gasteiger partial charge in [0, 0.05) is 31.6 Å². The average Bonchev–Trinajstić information content (AvgIpc) is 2.74. The molecule has 1 aromatic heterocycles. The van der Waals surface area contributed by atoms with Crippen LogP contribution in [-0.4, -0.2) is 21.4 Å². The number of aromatic nitrogens is 2. The van der Waals surface area contributed by atoms with E-state index in [4.69, 9.17) is 5.26 Å². The first-order valence-corrected chi connectivity index (χ1v) is 9.34. The van der Waals surface area contributed by atoms with Crippen molar-refractivity contribution in [1.82, 2.24) is 14.9 Å². The first-order valence-electron chi connectivity index (χ1n) is 9.34. The Morgan fingerprint density at radius 2 is 1.80 bits per heavy atom. The number of H-pyrrole nitrogens is 1. The molecule has 3 aromatic rings. The highest BCUT2D eigenvalue weighted by Gasteiger charge is 2.30. The number of nitrogens with zero attached hydrogens (tertiary/aromatic N) is 3. The monoisotopic (exact) mass is 410 g/mol. The van der Waals surface area contributed by atoms with Gasteiger partial charge < -0.3 is 4.98 Å². The van der Waals surface area contributed by atoms with Gasteiger partial charge in [-0.1, -0.05) is 24.3 Å². The van der Waals surface area contributed by atoms with Gasteiger partial charge in [-0.05, 0) is 29.8 Å². The molecule has 2 heterocycles. The van der Waals surface area contributed by atoms with Gasteiger partial charge in [-0.3, -0.25) is 9.69 Å². The van der Waals surface area contributed by atoms with E-state index in [0.717, 1.165) is 17.7 Å². The topological polar surface area (TPSA) is 72.8 Å². The van der Waals surface area contributed by atoms with Crippen molar-refractivity contribution in [1.29, 1.82) is 5.26 Å². The lowest BCUT2D eigenvalue weighted by Gasteiger charge is -2.27. The van der Waals surface area contributed by atoms with Gasteiger partial charge in [0.25, 0.3) is 5.56 Å². The summed E-state index contributed by atoms with van der Waals surface area (Å²) in [6, 6.07) is 14.0. The largest absolute Gasteiger partial charge is 0.416 e. The molecule has 0 bridgehead atoms. The molecule has 30 heavy (non-hydrogen) atoms. The molecule has 1 N–H and O–H groups in total. The van der Waals surface area contributed by atoms with Crippen LogP contribution in [-0.2, 0) is 25.7 Å². The molecule has 0 unspecified atom stereocenters. The van der Waals surface area contributed by atoms with Gasteiger partial charge >= 0.3 is 6.18 Å². The van der Waals surface area contributed by atoms with E-state index in [1.165, 1.54) is 12.1 Å². The van der Waals surface area contributed by atoms with Crippen LogP contribution in [0.5, 0.6) is 0 Å². The second-order valence-corrected chi connectivity index (χ2v) is 7.18. The maximum absolute atomic E-state index is 12.7. The molecular weight excluding hydrogens is 393 g/mol. The zero-order valence-corrected chi connectivity index (χ0v) is 15.8. The number of alkyl halides is 3. The van der Waals surface area contributed by atoms with E-state index in [1.54, 1.807) is 12.1 Å². The van der Waals surface area contributed by atoms with E-state index >= 15 is 0 Å². The second-order valence-electron chi connectivity index (χ2n) is 7.18. The van der Waals surface area contributed by atoms with Crippen LogP contribution in [0.25, 0.3) is 11.4 Å². The summed E-state index contributed by atoms with van der Waals surface area (Å²) < 4.78 is 38.2. The van der Waals surface area contributed by atoms with Gasteiger partial charge in [-0.15, -0.1) is 0 Å². The fourth-order valence-corrected chi connectivity index (χ4v) is 3.51. The number of fused-ring (bicyclic) bond motifs is 1. The molecule has 0 radical (unpaired) electrons. The van der Waals surface area contributed by atoms with E-state index < -0.39 is 11.7 Å². The molecule has 0 aliphatic carbocycles. The van der Waals surface area contributed by atoms with Gasteiger partial charge in [0.15, 0.2) is 0 Å². The maximum Gasteiger partial charge on any atom is 0.416 e. The van der Waals surface area contributed by atoms with Crippen molar-refractivity contribution < 1.29 is 13.2 Å². The number of hydrogen-bond donors (Lipinski definition) is 1. The number of nitrogens with one attached hydrogen (secondary N) is 1. The van der Waals surface area contributed by atoms with Gasteiger partial charge in [0.05, 0.1) is 28.5 Å². The second kappa shape index (κ2) is 7.76. The van der Waals surface area contributed by atoms with Gasteiger partial charge in [0.1, 0.15) is 5.82 Å². The summed E-state index contributed by atoms with van der Waals surface area (Å²) in [5, 5.41) is 8.89. The van der Waals surface area contributed by atoms with Gasteiger partial charge in [0.2, 0.25) is 0 Å². The first kappa shape index (κ1) is 19.9. The van der Waals surface area contributed by atoms with Crippen LogP contribution in [0.4, 0.5) is 13.2 Å². The van der Waals surface area contributed by atoms with Crippen molar-refractivity contribution in [3.05, 3.63) is 86.8 Å². The summed E-state index contributed by atoms with van der Waals surface area (Å²) in [6.45, 7) is 1.78. The molecule has 0 spiro atoms. The molecule has 0 amide bonds. The van der Waals surface area contributed by atoms with E-state index in [2.05, 4.69) is 20.9 Å². The van der Waals surface area contributed by atoms with Crippen LogP contribution in [0.3, 0.4) is 0 Å². The summed E-state index contributed by atoms with van der Waals surface area (Å²) in [4.78, 5) is 22.0. The van der Waals surface area contributed by atoms with Gasteiger partial charge in [-0.2, -0.15) is 18.4 Å². The Kier molecular flexibility index (Phi) is 5.14. The highest BCUT2D eigenvalue weighted by molar-refractivity contribution is 5.56. The molecule has 0 atom stereocenters. The number of nitriles is 1. The van der Waals surface area contributed by atoms with Crippen molar-refractivity contribution in [2.45, 2.75) is 25.7 Å². The van der Waals surface area contributed by atoms with E-state index in [9.17, 15) is 18.0 Å². The lowest BCUT2D eigenvalue weighted by Crippen LogP contribution is -2.35. The van der Waals surface area contributed by atoms with Crippen LogP contribution in [0.2, 0.25) is 0 Å². The molecular formula is C22H17F3N4O. The van der Waals surface area contributed by atoms with Crippen LogP contribution in [0.1, 0.15) is 27.9 Å². The Labute approximate surface area is 170 Å². The summed E-state index contributed by atoms with van der Waals surface area (Å²) in [7, 11) is 0. The van der Waals surface area contributed by atoms with Crippen molar-refractivity contribution in [2.75, 3.05) is 6.54 Å². The van der Waals surface area contributed by atoms with Crippen LogP contribution in [0.15, 0.2) is 53.3 Å². The first-order chi connectivity index (χ1) is 14.3. The Bertz CT molecular complexity index is 1160. The number of rotatable bonds is 3. The Morgan fingerprint density at radius 1 is 1.10 bits per heavy atom. The predicted molar refractivity (Wildman–Crippen MR) is 104 cm³/mol. The molecule has 4 rings (SSSR count). The van der Waals surface area contributed by atoms with E-state index in [-0.39, 0.29) is 11.4 Å².